The number of carbonyl (C=O) groups is 2. The van der Waals surface area contributed by atoms with Crippen molar-refractivity contribution in [3.63, 3.8) is 0 Å². The van der Waals surface area contributed by atoms with Crippen molar-refractivity contribution in [3.05, 3.63) is 29.8 Å². The zero-order valence-corrected chi connectivity index (χ0v) is 11.9. The van der Waals surface area contributed by atoms with Gasteiger partial charge in [0.15, 0.2) is 0 Å². The van der Waals surface area contributed by atoms with E-state index in [1.165, 1.54) is 17.0 Å². The van der Waals surface area contributed by atoms with Crippen LogP contribution in [0.3, 0.4) is 0 Å². The molecule has 1 heterocycles. The lowest BCUT2D eigenvalue weighted by Gasteiger charge is -2.18. The van der Waals surface area contributed by atoms with Gasteiger partial charge in [0.25, 0.3) is 0 Å². The van der Waals surface area contributed by atoms with Gasteiger partial charge in [-0.2, -0.15) is 13.2 Å². The Balaban J connectivity index is 2.05. The highest BCUT2D eigenvalue weighted by molar-refractivity contribution is 6.01. The van der Waals surface area contributed by atoms with Crippen LogP contribution >= 0.6 is 0 Å². The maximum atomic E-state index is 12.5. The number of carbonyl (C=O) groups excluding carboxylic acids is 2. The largest absolute Gasteiger partial charge is 0.416 e. The second-order valence-electron chi connectivity index (χ2n) is 4.88. The molecule has 2 rings (SSSR count). The van der Waals surface area contributed by atoms with Gasteiger partial charge in [0.1, 0.15) is 6.04 Å². The molecule has 2 N–H and O–H groups in total. The summed E-state index contributed by atoms with van der Waals surface area (Å²) in [6.07, 6.45) is -3.99. The fraction of sp³-hybridized carbons (Fsp3) is 0.429. The SMILES string of the molecule is CCNC(=O)NC1CCN(c2ccc(C(F)(F)F)cc2)C1=O. The van der Waals surface area contributed by atoms with Crippen molar-refractivity contribution in [2.75, 3.05) is 18.0 Å². The van der Waals surface area contributed by atoms with E-state index in [0.29, 0.717) is 25.2 Å². The Labute approximate surface area is 125 Å². The standard InChI is InChI=1S/C14H16F3N3O2/c1-2-18-13(22)19-11-7-8-20(12(11)21)10-5-3-9(4-6-10)14(15,16)17/h3-6,11H,2,7-8H2,1H3,(H2,18,19,22). The van der Waals surface area contributed by atoms with Crippen LogP contribution in [-0.2, 0) is 11.0 Å². The third-order valence-corrected chi connectivity index (χ3v) is 3.35. The molecule has 1 aromatic carbocycles. The molecular weight excluding hydrogens is 299 g/mol. The molecule has 0 spiro atoms. The molecule has 1 aliphatic rings. The Morgan fingerprint density at radius 3 is 2.50 bits per heavy atom. The molecule has 0 aromatic heterocycles. The van der Waals surface area contributed by atoms with Crippen molar-refractivity contribution in [2.45, 2.75) is 25.6 Å². The minimum absolute atomic E-state index is 0.328. The predicted octanol–water partition coefficient (Wildman–Crippen LogP) is 2.13. The number of hydrogen-bond acceptors (Lipinski definition) is 2. The number of nitrogens with one attached hydrogen (secondary N) is 2. The normalized spacial score (nSPS) is 18.5. The lowest BCUT2D eigenvalue weighted by Crippen LogP contribution is -2.46. The molecule has 120 valence electrons. The number of alkyl halides is 3. The smallest absolute Gasteiger partial charge is 0.338 e. The van der Waals surface area contributed by atoms with Crippen molar-refractivity contribution in [2.24, 2.45) is 0 Å². The number of benzene rings is 1. The Morgan fingerprint density at radius 2 is 1.95 bits per heavy atom. The van der Waals surface area contributed by atoms with E-state index < -0.39 is 23.8 Å². The molecule has 1 unspecified atom stereocenters. The van der Waals surface area contributed by atoms with E-state index in [-0.39, 0.29) is 5.91 Å². The van der Waals surface area contributed by atoms with Gasteiger partial charge in [-0.05, 0) is 37.6 Å². The first-order chi connectivity index (χ1) is 10.3. The molecule has 1 saturated heterocycles. The van der Waals surface area contributed by atoms with Crippen LogP contribution < -0.4 is 15.5 Å². The van der Waals surface area contributed by atoms with Gasteiger partial charge in [-0.25, -0.2) is 4.79 Å². The Bertz CT molecular complexity index is 557. The number of urea groups is 1. The van der Waals surface area contributed by atoms with Gasteiger partial charge < -0.3 is 15.5 Å². The Kier molecular flexibility index (Phi) is 4.58. The van der Waals surface area contributed by atoms with Crippen molar-refractivity contribution in [1.82, 2.24) is 10.6 Å². The van der Waals surface area contributed by atoms with Crippen LogP contribution in [0.25, 0.3) is 0 Å². The lowest BCUT2D eigenvalue weighted by molar-refractivity contribution is -0.137. The summed E-state index contributed by atoms with van der Waals surface area (Å²) in [5.41, 5.74) is -0.377. The summed E-state index contributed by atoms with van der Waals surface area (Å²) in [5.74, 6) is -0.328. The van der Waals surface area contributed by atoms with E-state index >= 15 is 0 Å². The lowest BCUT2D eigenvalue weighted by atomic mass is 10.2. The number of nitrogens with zero attached hydrogens (tertiary/aromatic N) is 1. The number of halogens is 3. The van der Waals surface area contributed by atoms with E-state index in [0.717, 1.165) is 12.1 Å². The summed E-state index contributed by atoms with van der Waals surface area (Å²) < 4.78 is 37.5. The first-order valence-electron chi connectivity index (χ1n) is 6.86. The van der Waals surface area contributed by atoms with E-state index in [4.69, 9.17) is 0 Å². The molecule has 8 heteroatoms. The molecule has 1 atom stereocenters. The Morgan fingerprint density at radius 1 is 1.32 bits per heavy atom. The maximum Gasteiger partial charge on any atom is 0.416 e. The summed E-state index contributed by atoms with van der Waals surface area (Å²) in [6.45, 7) is 2.54. The minimum atomic E-state index is -4.41. The van der Waals surface area contributed by atoms with Crippen LogP contribution in [0.4, 0.5) is 23.7 Å². The van der Waals surface area contributed by atoms with Gasteiger partial charge in [0.2, 0.25) is 5.91 Å². The van der Waals surface area contributed by atoms with Gasteiger partial charge in [-0.15, -0.1) is 0 Å². The van der Waals surface area contributed by atoms with Crippen molar-refractivity contribution >= 4 is 17.6 Å². The molecule has 3 amide bonds. The minimum Gasteiger partial charge on any atom is -0.338 e. The van der Waals surface area contributed by atoms with E-state index in [1.807, 2.05) is 0 Å². The first kappa shape index (κ1) is 16.1. The predicted molar refractivity (Wildman–Crippen MR) is 74.4 cm³/mol. The van der Waals surface area contributed by atoms with Crippen molar-refractivity contribution in [3.8, 4) is 0 Å². The van der Waals surface area contributed by atoms with Crippen molar-refractivity contribution in [1.29, 1.82) is 0 Å². The number of amides is 3. The molecule has 0 aliphatic carbocycles. The maximum absolute atomic E-state index is 12.5. The number of anilines is 1. The van der Waals surface area contributed by atoms with Crippen LogP contribution in [0, 0.1) is 0 Å². The number of rotatable bonds is 3. The average Bonchev–Trinajstić information content (AvgIpc) is 2.80. The Hall–Kier alpha value is -2.25. The second kappa shape index (κ2) is 6.25. The summed E-state index contributed by atoms with van der Waals surface area (Å²) >= 11 is 0. The molecule has 1 aliphatic heterocycles. The molecule has 0 saturated carbocycles. The van der Waals surface area contributed by atoms with Gasteiger partial charge in [0.05, 0.1) is 5.56 Å². The molecule has 0 bridgehead atoms. The third-order valence-electron chi connectivity index (χ3n) is 3.35. The van der Waals surface area contributed by atoms with Crippen LogP contribution in [0.2, 0.25) is 0 Å². The second-order valence-corrected chi connectivity index (χ2v) is 4.88. The van der Waals surface area contributed by atoms with Crippen LogP contribution in [-0.4, -0.2) is 31.1 Å². The van der Waals surface area contributed by atoms with Gasteiger partial charge >= 0.3 is 12.2 Å². The van der Waals surface area contributed by atoms with Crippen LogP contribution in [0.5, 0.6) is 0 Å². The fourth-order valence-electron chi connectivity index (χ4n) is 2.27. The molecule has 1 fully saturated rings. The summed E-state index contributed by atoms with van der Waals surface area (Å²) in [4.78, 5) is 25.0. The summed E-state index contributed by atoms with van der Waals surface area (Å²) in [5, 5.41) is 5.07. The summed E-state index contributed by atoms with van der Waals surface area (Å²) in [6, 6.07) is 3.30. The first-order valence-corrected chi connectivity index (χ1v) is 6.86. The fourth-order valence-corrected chi connectivity index (χ4v) is 2.27. The van der Waals surface area contributed by atoms with E-state index in [1.54, 1.807) is 6.92 Å². The van der Waals surface area contributed by atoms with E-state index in [2.05, 4.69) is 10.6 Å². The van der Waals surface area contributed by atoms with Crippen molar-refractivity contribution < 1.29 is 22.8 Å². The van der Waals surface area contributed by atoms with Gasteiger partial charge in [-0.3, -0.25) is 4.79 Å². The average molecular weight is 315 g/mol. The zero-order valence-electron chi connectivity index (χ0n) is 11.9. The van der Waals surface area contributed by atoms with Crippen LogP contribution in [0.15, 0.2) is 24.3 Å². The topological polar surface area (TPSA) is 61.4 Å². The quantitative estimate of drug-likeness (QED) is 0.897. The molecule has 5 nitrogen and oxygen atoms in total. The molecule has 1 aromatic rings. The molecular formula is C14H16F3N3O2. The van der Waals surface area contributed by atoms with E-state index in [9.17, 15) is 22.8 Å². The zero-order chi connectivity index (χ0) is 16.3. The van der Waals surface area contributed by atoms with Crippen LogP contribution in [0.1, 0.15) is 18.9 Å². The monoisotopic (exact) mass is 315 g/mol. The highest BCUT2D eigenvalue weighted by atomic mass is 19.4. The molecule has 0 radical (unpaired) electrons. The number of hydrogen-bond donors (Lipinski definition) is 2. The highest BCUT2D eigenvalue weighted by Gasteiger charge is 2.34. The van der Waals surface area contributed by atoms with Gasteiger partial charge in [-0.1, -0.05) is 0 Å². The highest BCUT2D eigenvalue weighted by Crippen LogP contribution is 2.31. The van der Waals surface area contributed by atoms with Gasteiger partial charge in [0, 0.05) is 18.8 Å². The summed E-state index contributed by atoms with van der Waals surface area (Å²) in [7, 11) is 0. The molecule has 22 heavy (non-hydrogen) atoms. The third kappa shape index (κ3) is 3.49.